The van der Waals surface area contributed by atoms with Gasteiger partial charge in [-0.15, -0.1) is 28.2 Å². The Morgan fingerprint density at radius 1 is 1.33 bits per heavy atom. The molecule has 0 radical (unpaired) electrons. The molecule has 0 saturated carbocycles. The summed E-state index contributed by atoms with van der Waals surface area (Å²) < 4.78 is 1.09. The summed E-state index contributed by atoms with van der Waals surface area (Å²) in [5.41, 5.74) is 6.37. The second-order valence-corrected chi connectivity index (χ2v) is 9.80. The molecule has 17 heteroatoms. The maximum Gasteiger partial charge on any atom is 0.352 e. The number of fused-ring (bicyclic) bond motifs is 1. The van der Waals surface area contributed by atoms with Crippen molar-refractivity contribution in [3.8, 4) is 0 Å². The van der Waals surface area contributed by atoms with Crippen LogP contribution in [-0.2, 0) is 32.1 Å². The first-order chi connectivity index (χ1) is 15.7. The molecule has 2 amide bonds. The fraction of sp³-hybridized carbons (Fsp3) is 0.375. The largest absolute Gasteiger partial charge is 0.480 e. The number of thioether (sulfide) groups is 2. The summed E-state index contributed by atoms with van der Waals surface area (Å²) in [6.07, 6.45) is -0.0382. The van der Waals surface area contributed by atoms with Crippen LogP contribution in [0.3, 0.4) is 0 Å². The molecule has 2 aromatic rings. The summed E-state index contributed by atoms with van der Waals surface area (Å²) in [5.74, 6) is -2.87. The minimum absolute atomic E-state index is 0.0382. The molecule has 0 aromatic carbocycles. The maximum absolute atomic E-state index is 12.7. The molecular weight excluding hydrogens is 496 g/mol. The number of nitrogens with zero attached hydrogens (tertiary/aromatic N) is 6. The third kappa shape index (κ3) is 4.79. The number of carboxylic acid groups (broad SMARTS) is 2. The summed E-state index contributed by atoms with van der Waals surface area (Å²) >= 11 is 3.61. The molecule has 1 saturated heterocycles. The Hall–Kier alpha value is -3.18. The third-order valence-corrected chi connectivity index (χ3v) is 7.74. The quantitative estimate of drug-likeness (QED) is 0.232. The van der Waals surface area contributed by atoms with Crippen LogP contribution in [0.4, 0.5) is 5.13 Å². The van der Waals surface area contributed by atoms with Crippen LogP contribution in [-0.4, -0.2) is 87.0 Å². The number of hydrogen-bond acceptors (Lipinski definition) is 12. The molecule has 2 aromatic heterocycles. The lowest BCUT2D eigenvalue weighted by atomic mass is 10.0. The lowest BCUT2D eigenvalue weighted by Crippen LogP contribution is -2.70. The molecule has 1 fully saturated rings. The third-order valence-electron chi connectivity index (χ3n) is 4.64. The van der Waals surface area contributed by atoms with Gasteiger partial charge in [-0.05, 0) is 16.0 Å². The Balaban J connectivity index is 1.43. The highest BCUT2D eigenvalue weighted by Gasteiger charge is 2.54. The number of nitrogens with two attached hydrogens (primary N) is 1. The van der Waals surface area contributed by atoms with Crippen molar-refractivity contribution in [1.82, 2.24) is 35.4 Å². The van der Waals surface area contributed by atoms with E-state index in [-0.39, 0.29) is 23.0 Å². The van der Waals surface area contributed by atoms with E-state index < -0.39 is 41.7 Å². The van der Waals surface area contributed by atoms with Gasteiger partial charge in [0, 0.05) is 16.9 Å². The number of carbonyl (C=O) groups excluding carboxylic acids is 2. The summed E-state index contributed by atoms with van der Waals surface area (Å²) in [6.45, 7) is -0.434. The average molecular weight is 513 g/mol. The van der Waals surface area contributed by atoms with E-state index in [1.165, 1.54) is 28.0 Å². The van der Waals surface area contributed by atoms with Crippen LogP contribution in [0, 0.1) is 0 Å². The van der Waals surface area contributed by atoms with Crippen molar-refractivity contribution in [2.24, 2.45) is 0 Å². The average Bonchev–Trinajstić information content (AvgIpc) is 3.37. The monoisotopic (exact) mass is 512 g/mol. The maximum atomic E-state index is 12.7. The fourth-order valence-electron chi connectivity index (χ4n) is 3.27. The van der Waals surface area contributed by atoms with Gasteiger partial charge in [0.05, 0.1) is 12.1 Å². The van der Waals surface area contributed by atoms with E-state index in [1.807, 2.05) is 0 Å². The number of thiazole rings is 1. The van der Waals surface area contributed by atoms with Gasteiger partial charge in [-0.1, -0.05) is 11.8 Å². The van der Waals surface area contributed by atoms with Crippen LogP contribution in [0.5, 0.6) is 0 Å². The van der Waals surface area contributed by atoms with Gasteiger partial charge >= 0.3 is 11.9 Å². The molecule has 2 atom stereocenters. The number of nitrogen functional groups attached to an aromatic ring is 1. The number of aliphatic carboxylic acids is 2. The first kappa shape index (κ1) is 23.0. The molecule has 14 nitrogen and oxygen atoms in total. The van der Waals surface area contributed by atoms with E-state index in [1.54, 1.807) is 5.38 Å². The van der Waals surface area contributed by atoms with Gasteiger partial charge in [-0.3, -0.25) is 19.3 Å². The van der Waals surface area contributed by atoms with E-state index in [9.17, 15) is 24.3 Å². The Morgan fingerprint density at radius 3 is 2.79 bits per heavy atom. The number of hydrogen-bond donors (Lipinski definition) is 4. The van der Waals surface area contributed by atoms with Gasteiger partial charge in [-0.25, -0.2) is 14.5 Å². The fourth-order valence-corrected chi connectivity index (χ4v) is 6.19. The van der Waals surface area contributed by atoms with E-state index in [4.69, 9.17) is 10.8 Å². The number of tetrazole rings is 1. The molecule has 2 aliphatic heterocycles. The predicted molar refractivity (Wildman–Crippen MR) is 116 cm³/mol. The number of β-lactam (4-membered cyclic amide) rings is 1. The second-order valence-electron chi connectivity index (χ2n) is 6.87. The topological polar surface area (TPSA) is 207 Å². The van der Waals surface area contributed by atoms with Crippen LogP contribution in [0.15, 0.2) is 21.8 Å². The van der Waals surface area contributed by atoms with Crippen LogP contribution in [0.2, 0.25) is 0 Å². The molecule has 4 rings (SSSR count). The van der Waals surface area contributed by atoms with E-state index in [0.717, 1.165) is 16.4 Å². The SMILES string of the molecule is Nc1nc(CC(=O)NC2C(=O)N3C(C(=O)O)=C(CSc4nnnn4CC(=O)O)CSC23)cs1. The van der Waals surface area contributed by atoms with Crippen molar-refractivity contribution < 1.29 is 29.4 Å². The van der Waals surface area contributed by atoms with Gasteiger partial charge in [0.25, 0.3) is 5.91 Å². The van der Waals surface area contributed by atoms with Crippen LogP contribution in [0.25, 0.3) is 0 Å². The molecule has 33 heavy (non-hydrogen) atoms. The van der Waals surface area contributed by atoms with Gasteiger partial charge in [-0.2, -0.15) is 0 Å². The highest BCUT2D eigenvalue weighted by molar-refractivity contribution is 8.01. The van der Waals surface area contributed by atoms with Gasteiger partial charge < -0.3 is 21.3 Å². The Bertz CT molecular complexity index is 1160. The summed E-state index contributed by atoms with van der Waals surface area (Å²) in [6, 6.07) is -0.843. The van der Waals surface area contributed by atoms with E-state index in [2.05, 4.69) is 25.8 Å². The molecule has 0 aliphatic carbocycles. The Morgan fingerprint density at radius 2 is 2.12 bits per heavy atom. The number of aromatic nitrogens is 5. The first-order valence-electron chi connectivity index (χ1n) is 9.24. The first-order valence-corrected chi connectivity index (χ1v) is 12.2. The Labute approximate surface area is 197 Å². The lowest BCUT2D eigenvalue weighted by Gasteiger charge is -2.49. The van der Waals surface area contributed by atoms with Crippen molar-refractivity contribution in [3.05, 3.63) is 22.3 Å². The summed E-state index contributed by atoms with van der Waals surface area (Å²) in [5, 5.41) is 33.7. The number of carboxylic acids is 2. The number of carbonyl (C=O) groups is 4. The zero-order chi connectivity index (χ0) is 23.7. The zero-order valence-electron chi connectivity index (χ0n) is 16.6. The van der Waals surface area contributed by atoms with Crippen molar-refractivity contribution >= 4 is 63.7 Å². The highest BCUT2D eigenvalue weighted by atomic mass is 32.2. The van der Waals surface area contributed by atoms with Crippen LogP contribution >= 0.6 is 34.9 Å². The zero-order valence-corrected chi connectivity index (χ0v) is 19.0. The molecule has 4 heterocycles. The number of anilines is 1. The standard InChI is InChI=1S/C16H16N8O6S3/c17-15-18-7(5-32-15)1-8(25)19-10-12(28)24-11(14(29)30)6(3-31-13(10)24)4-33-16-20-21-22-23(16)2-9(26)27/h5,10,13H,1-4H2,(H2,17,18)(H,19,25)(H,26,27)(H,29,30). The highest BCUT2D eigenvalue weighted by Crippen LogP contribution is 2.41. The number of nitrogens with one attached hydrogen (secondary N) is 1. The molecule has 0 bridgehead atoms. The molecule has 2 aliphatic rings. The summed E-state index contributed by atoms with van der Waals surface area (Å²) in [7, 11) is 0. The lowest BCUT2D eigenvalue weighted by molar-refractivity contribution is -0.150. The molecular formula is C16H16N8O6S3. The normalized spacial score (nSPS) is 19.8. The van der Waals surface area contributed by atoms with E-state index in [0.29, 0.717) is 22.2 Å². The number of amides is 2. The van der Waals surface area contributed by atoms with Crippen LogP contribution < -0.4 is 11.1 Å². The minimum atomic E-state index is -1.27. The predicted octanol–water partition coefficient (Wildman–Crippen LogP) is -1.13. The van der Waals surface area contributed by atoms with Crippen molar-refractivity contribution in [3.63, 3.8) is 0 Å². The summed E-state index contributed by atoms with van der Waals surface area (Å²) in [4.78, 5) is 53.0. The van der Waals surface area contributed by atoms with Gasteiger partial charge in [0.2, 0.25) is 11.1 Å². The van der Waals surface area contributed by atoms with Crippen LogP contribution in [0.1, 0.15) is 5.69 Å². The molecule has 174 valence electrons. The van der Waals surface area contributed by atoms with Crippen molar-refractivity contribution in [1.29, 1.82) is 0 Å². The smallest absolute Gasteiger partial charge is 0.352 e. The van der Waals surface area contributed by atoms with E-state index >= 15 is 0 Å². The minimum Gasteiger partial charge on any atom is -0.480 e. The Kier molecular flexibility index (Phi) is 6.52. The molecule has 0 spiro atoms. The second kappa shape index (κ2) is 9.36. The van der Waals surface area contributed by atoms with Crippen molar-refractivity contribution in [2.75, 3.05) is 17.2 Å². The van der Waals surface area contributed by atoms with Gasteiger partial charge in [0.15, 0.2) is 5.13 Å². The number of rotatable bonds is 9. The molecule has 5 N–H and O–H groups in total. The van der Waals surface area contributed by atoms with Gasteiger partial charge in [0.1, 0.15) is 23.7 Å². The van der Waals surface area contributed by atoms with Crippen molar-refractivity contribution in [2.45, 2.75) is 29.5 Å². The molecule has 2 unspecified atom stereocenters.